The van der Waals surface area contributed by atoms with Crippen molar-refractivity contribution in [1.29, 1.82) is 0 Å². The summed E-state index contributed by atoms with van der Waals surface area (Å²) >= 11 is 0. The van der Waals surface area contributed by atoms with E-state index in [4.69, 9.17) is 5.73 Å². The first-order valence-electron chi connectivity index (χ1n) is 8.42. The van der Waals surface area contributed by atoms with E-state index in [1.807, 2.05) is 0 Å². The maximum atomic E-state index is 12.6. The molecule has 28 heavy (non-hydrogen) atoms. The van der Waals surface area contributed by atoms with Gasteiger partial charge in [0.15, 0.2) is 0 Å². The van der Waals surface area contributed by atoms with Crippen molar-refractivity contribution in [1.82, 2.24) is 15.1 Å². The molecule has 1 fully saturated rings. The van der Waals surface area contributed by atoms with Crippen LogP contribution in [0.2, 0.25) is 0 Å². The first-order valence-corrected chi connectivity index (χ1v) is 8.42. The van der Waals surface area contributed by atoms with Gasteiger partial charge in [0.25, 0.3) is 0 Å². The quantitative estimate of drug-likeness (QED) is 0.723. The van der Waals surface area contributed by atoms with Crippen LogP contribution in [0.5, 0.6) is 0 Å². The monoisotopic (exact) mass is 444 g/mol. The van der Waals surface area contributed by atoms with Gasteiger partial charge < -0.3 is 16.0 Å². The van der Waals surface area contributed by atoms with Crippen LogP contribution in [0.25, 0.3) is 0 Å². The van der Waals surface area contributed by atoms with E-state index in [0.29, 0.717) is 26.2 Å². The molecule has 2 rings (SSSR count). The number of halogens is 5. The molecule has 1 aliphatic rings. The highest BCUT2D eigenvalue weighted by Gasteiger charge is 2.30. The highest BCUT2D eigenvalue weighted by Crippen LogP contribution is 2.29. The zero-order chi connectivity index (χ0) is 19.2. The third-order valence-corrected chi connectivity index (χ3v) is 4.25. The van der Waals surface area contributed by atoms with Gasteiger partial charge in [0.05, 0.1) is 18.7 Å². The number of nitrogens with one attached hydrogen (secondary N) is 1. The molecule has 0 aliphatic carbocycles. The van der Waals surface area contributed by atoms with Crippen molar-refractivity contribution in [3.05, 3.63) is 35.4 Å². The fourth-order valence-corrected chi connectivity index (χ4v) is 2.79. The molecule has 11 heteroatoms. The summed E-state index contributed by atoms with van der Waals surface area (Å²) in [6.45, 7) is 2.77. The van der Waals surface area contributed by atoms with Crippen LogP contribution in [-0.4, -0.2) is 60.9 Å². The zero-order valence-corrected chi connectivity index (χ0v) is 16.8. The third-order valence-electron chi connectivity index (χ3n) is 4.25. The first kappa shape index (κ1) is 26.4. The SMILES string of the molecule is Cl.Cl.NCC(=O)NCC(=O)N1CCCN(Cc2ccc(C(F)(F)F)cc2)CC1. The van der Waals surface area contributed by atoms with Crippen LogP contribution in [0.3, 0.4) is 0 Å². The maximum absolute atomic E-state index is 12.6. The van der Waals surface area contributed by atoms with E-state index in [2.05, 4.69) is 10.2 Å². The average molecular weight is 445 g/mol. The van der Waals surface area contributed by atoms with Gasteiger partial charge in [0, 0.05) is 32.7 Å². The van der Waals surface area contributed by atoms with Crippen molar-refractivity contribution in [2.45, 2.75) is 19.1 Å². The van der Waals surface area contributed by atoms with Crippen molar-refractivity contribution >= 4 is 36.6 Å². The van der Waals surface area contributed by atoms with Gasteiger partial charge in [-0.3, -0.25) is 14.5 Å². The van der Waals surface area contributed by atoms with E-state index in [-0.39, 0.29) is 49.7 Å². The van der Waals surface area contributed by atoms with Crippen LogP contribution in [-0.2, 0) is 22.3 Å². The zero-order valence-electron chi connectivity index (χ0n) is 15.2. The number of hydrogen-bond donors (Lipinski definition) is 2. The molecule has 1 saturated heterocycles. The molecule has 2 amide bonds. The molecule has 0 bridgehead atoms. The van der Waals surface area contributed by atoms with E-state index in [1.54, 1.807) is 4.90 Å². The predicted molar refractivity (Wildman–Crippen MR) is 104 cm³/mol. The molecule has 160 valence electrons. The summed E-state index contributed by atoms with van der Waals surface area (Å²) < 4.78 is 37.8. The van der Waals surface area contributed by atoms with E-state index >= 15 is 0 Å². The van der Waals surface area contributed by atoms with Crippen LogP contribution in [0, 0.1) is 0 Å². The van der Waals surface area contributed by atoms with Crippen LogP contribution in [0.1, 0.15) is 17.5 Å². The van der Waals surface area contributed by atoms with Crippen LogP contribution < -0.4 is 11.1 Å². The lowest BCUT2D eigenvalue weighted by Gasteiger charge is -2.22. The van der Waals surface area contributed by atoms with Gasteiger partial charge in [-0.15, -0.1) is 24.8 Å². The average Bonchev–Trinajstić information content (AvgIpc) is 2.84. The van der Waals surface area contributed by atoms with Crippen molar-refractivity contribution < 1.29 is 22.8 Å². The Hall–Kier alpha value is -1.55. The Kier molecular flexibility index (Phi) is 11.4. The number of carbonyl (C=O) groups excluding carboxylic acids is 2. The van der Waals surface area contributed by atoms with Gasteiger partial charge >= 0.3 is 6.18 Å². The summed E-state index contributed by atoms with van der Waals surface area (Å²) in [5, 5.41) is 2.46. The second-order valence-electron chi connectivity index (χ2n) is 6.19. The molecule has 3 N–H and O–H groups in total. The van der Waals surface area contributed by atoms with Gasteiger partial charge in [-0.25, -0.2) is 0 Å². The number of benzene rings is 1. The number of amides is 2. The van der Waals surface area contributed by atoms with Crippen LogP contribution >= 0.6 is 24.8 Å². The summed E-state index contributed by atoms with van der Waals surface area (Å²) in [5.41, 5.74) is 5.32. The van der Waals surface area contributed by atoms with Gasteiger partial charge in [-0.2, -0.15) is 13.2 Å². The second kappa shape index (κ2) is 12.1. The van der Waals surface area contributed by atoms with Crippen molar-refractivity contribution in [3.8, 4) is 0 Å². The molecule has 1 aliphatic heterocycles. The van der Waals surface area contributed by atoms with E-state index in [0.717, 1.165) is 30.7 Å². The molecule has 6 nitrogen and oxygen atoms in total. The molecule has 0 spiro atoms. The number of rotatable bonds is 5. The lowest BCUT2D eigenvalue weighted by molar-refractivity contribution is -0.137. The summed E-state index contributed by atoms with van der Waals surface area (Å²) in [4.78, 5) is 27.0. The van der Waals surface area contributed by atoms with E-state index in [1.165, 1.54) is 12.1 Å². The van der Waals surface area contributed by atoms with Crippen molar-refractivity contribution in [2.24, 2.45) is 5.73 Å². The highest BCUT2D eigenvalue weighted by molar-refractivity contribution is 5.86. The molecule has 1 heterocycles. The largest absolute Gasteiger partial charge is 0.416 e. The molecule has 0 aromatic heterocycles. The number of alkyl halides is 3. The van der Waals surface area contributed by atoms with E-state index in [9.17, 15) is 22.8 Å². The third kappa shape index (κ3) is 8.22. The minimum Gasteiger partial charge on any atom is -0.346 e. The van der Waals surface area contributed by atoms with Gasteiger partial charge in [-0.1, -0.05) is 12.1 Å². The highest BCUT2D eigenvalue weighted by atomic mass is 35.5. The molecule has 0 saturated carbocycles. The van der Waals surface area contributed by atoms with Gasteiger partial charge in [0.2, 0.25) is 11.8 Å². The molecule has 0 radical (unpaired) electrons. The maximum Gasteiger partial charge on any atom is 0.416 e. The van der Waals surface area contributed by atoms with Crippen LogP contribution in [0.4, 0.5) is 13.2 Å². The normalized spacial score (nSPS) is 15.1. The molecule has 0 atom stereocenters. The Balaban J connectivity index is 0.00000364. The summed E-state index contributed by atoms with van der Waals surface area (Å²) in [5.74, 6) is -0.541. The Morgan fingerprint density at radius 1 is 1.04 bits per heavy atom. The Morgan fingerprint density at radius 2 is 1.68 bits per heavy atom. The summed E-state index contributed by atoms with van der Waals surface area (Å²) in [7, 11) is 0. The second-order valence-corrected chi connectivity index (χ2v) is 6.19. The Labute approximate surface area is 174 Å². The number of hydrogen-bond acceptors (Lipinski definition) is 4. The minimum absolute atomic E-state index is 0. The molecular weight excluding hydrogens is 420 g/mol. The molecular formula is C17H25Cl2F3N4O2. The topological polar surface area (TPSA) is 78.7 Å². The lowest BCUT2D eigenvalue weighted by atomic mass is 10.1. The van der Waals surface area contributed by atoms with Crippen molar-refractivity contribution in [2.75, 3.05) is 39.3 Å². The molecule has 1 aromatic carbocycles. The van der Waals surface area contributed by atoms with E-state index < -0.39 is 11.7 Å². The molecule has 0 unspecified atom stereocenters. The number of carbonyl (C=O) groups is 2. The van der Waals surface area contributed by atoms with Crippen LogP contribution in [0.15, 0.2) is 24.3 Å². The number of nitrogens with zero attached hydrogens (tertiary/aromatic N) is 2. The fraction of sp³-hybridized carbons (Fsp3) is 0.529. The van der Waals surface area contributed by atoms with Crippen molar-refractivity contribution in [3.63, 3.8) is 0 Å². The Bertz CT molecular complexity index is 630. The summed E-state index contributed by atoms with van der Waals surface area (Å²) in [6, 6.07) is 5.14. The minimum atomic E-state index is -4.33. The van der Waals surface area contributed by atoms with Gasteiger partial charge in [0.1, 0.15) is 0 Å². The predicted octanol–water partition coefficient (Wildman–Crippen LogP) is 1.66. The first-order chi connectivity index (χ1) is 12.3. The fourth-order valence-electron chi connectivity index (χ4n) is 2.79. The standard InChI is InChI=1S/C17H23F3N4O2.2ClH/c18-17(19,20)14-4-2-13(3-5-14)12-23-6-1-7-24(9-8-23)16(26)11-22-15(25)10-21;;/h2-5H,1,6-12,21H2,(H,22,25);2*1H. The number of nitrogens with two attached hydrogens (primary N) is 1. The van der Waals surface area contributed by atoms with Gasteiger partial charge in [-0.05, 0) is 24.1 Å². The Morgan fingerprint density at radius 3 is 2.25 bits per heavy atom. The lowest BCUT2D eigenvalue weighted by Crippen LogP contribution is -2.43. The smallest absolute Gasteiger partial charge is 0.346 e. The molecule has 1 aromatic rings. The summed E-state index contributed by atoms with van der Waals surface area (Å²) in [6.07, 6.45) is -3.57.